The van der Waals surface area contributed by atoms with Crippen molar-refractivity contribution in [3.63, 3.8) is 0 Å². The molecule has 3 aromatic rings. The predicted octanol–water partition coefficient (Wildman–Crippen LogP) is 3.23. The van der Waals surface area contributed by atoms with Crippen molar-refractivity contribution in [2.75, 3.05) is 6.54 Å². The highest BCUT2D eigenvalue weighted by Gasteiger charge is 2.27. The number of hydrogen-bond acceptors (Lipinski definition) is 6. The molecule has 4 heterocycles. The zero-order valence-corrected chi connectivity index (χ0v) is 14.4. The van der Waals surface area contributed by atoms with Crippen LogP contribution in [-0.4, -0.2) is 27.3 Å². The van der Waals surface area contributed by atoms with E-state index in [2.05, 4.69) is 14.9 Å². The van der Waals surface area contributed by atoms with Crippen molar-refractivity contribution in [2.45, 2.75) is 25.4 Å². The fourth-order valence-corrected chi connectivity index (χ4v) is 4.24. The first-order valence-corrected chi connectivity index (χ1v) is 9.01. The number of thiophene rings is 1. The van der Waals surface area contributed by atoms with Gasteiger partial charge in [-0.1, -0.05) is 0 Å². The molecular formula is C18H18N4O2S. The summed E-state index contributed by atoms with van der Waals surface area (Å²) in [5, 5.41) is 0. The van der Waals surface area contributed by atoms with Crippen molar-refractivity contribution in [3.8, 4) is 11.6 Å². The first-order valence-electron chi connectivity index (χ1n) is 8.19. The number of nitrogens with two attached hydrogens (primary N) is 1. The number of likely N-dealkylation sites (tertiary alicyclic amines) is 1. The predicted molar refractivity (Wildman–Crippen MR) is 95.0 cm³/mol. The van der Waals surface area contributed by atoms with Gasteiger partial charge >= 0.3 is 0 Å². The molecule has 4 rings (SSSR count). The molecule has 7 heteroatoms. The molecule has 25 heavy (non-hydrogen) atoms. The van der Waals surface area contributed by atoms with Gasteiger partial charge in [-0.15, -0.1) is 11.3 Å². The van der Waals surface area contributed by atoms with Crippen LogP contribution in [0.4, 0.5) is 0 Å². The molecule has 1 aliphatic heterocycles. The summed E-state index contributed by atoms with van der Waals surface area (Å²) in [6.07, 6.45) is 7.54. The maximum atomic E-state index is 11.3. The standard InChI is InChI=1S/C18H18N4O2S/c19-17(23)16-6-5-15(25-16)13-3-1-7-22(13)11-12-9-20-18(21-10-12)14-4-2-8-24-14/h2,4-6,8-10,13H,1,3,7,11H2,(H2,19,23). The van der Waals surface area contributed by atoms with Gasteiger partial charge in [-0.25, -0.2) is 9.97 Å². The zero-order chi connectivity index (χ0) is 17.2. The molecule has 3 aromatic heterocycles. The van der Waals surface area contributed by atoms with Crippen LogP contribution in [0.3, 0.4) is 0 Å². The lowest BCUT2D eigenvalue weighted by Gasteiger charge is -2.23. The van der Waals surface area contributed by atoms with Crippen LogP contribution in [0.2, 0.25) is 0 Å². The molecule has 0 aliphatic carbocycles. The van der Waals surface area contributed by atoms with Crippen molar-refractivity contribution in [1.29, 1.82) is 0 Å². The zero-order valence-electron chi connectivity index (χ0n) is 13.6. The number of rotatable bonds is 5. The topological polar surface area (TPSA) is 85.3 Å². The SMILES string of the molecule is NC(=O)c1ccc(C2CCCN2Cc2cnc(-c3ccco3)nc2)s1. The molecule has 0 spiro atoms. The third kappa shape index (κ3) is 3.33. The highest BCUT2D eigenvalue weighted by Crippen LogP contribution is 2.36. The Morgan fingerprint density at radius 1 is 1.32 bits per heavy atom. The van der Waals surface area contributed by atoms with Crippen molar-refractivity contribution >= 4 is 17.2 Å². The Bertz CT molecular complexity index is 858. The van der Waals surface area contributed by atoms with Gasteiger partial charge in [-0.05, 0) is 43.7 Å². The third-order valence-corrected chi connectivity index (χ3v) is 5.60. The summed E-state index contributed by atoms with van der Waals surface area (Å²) in [7, 11) is 0. The van der Waals surface area contributed by atoms with Crippen LogP contribution in [0.15, 0.2) is 47.3 Å². The maximum absolute atomic E-state index is 11.3. The van der Waals surface area contributed by atoms with E-state index in [9.17, 15) is 4.79 Å². The van der Waals surface area contributed by atoms with Gasteiger partial charge in [0.25, 0.3) is 5.91 Å². The van der Waals surface area contributed by atoms with E-state index < -0.39 is 0 Å². The summed E-state index contributed by atoms with van der Waals surface area (Å²) in [4.78, 5) is 24.3. The van der Waals surface area contributed by atoms with Gasteiger partial charge in [0.2, 0.25) is 0 Å². The average molecular weight is 354 g/mol. The lowest BCUT2D eigenvalue weighted by molar-refractivity contribution is 0.100. The summed E-state index contributed by atoms with van der Waals surface area (Å²) >= 11 is 1.49. The Hall–Kier alpha value is -2.51. The number of carbonyl (C=O) groups is 1. The smallest absolute Gasteiger partial charge is 0.258 e. The van der Waals surface area contributed by atoms with Crippen molar-refractivity contribution in [3.05, 3.63) is 58.2 Å². The van der Waals surface area contributed by atoms with Crippen LogP contribution in [0.5, 0.6) is 0 Å². The number of nitrogens with zero attached hydrogens (tertiary/aromatic N) is 3. The molecule has 0 saturated carbocycles. The molecule has 6 nitrogen and oxygen atoms in total. The van der Waals surface area contributed by atoms with E-state index in [4.69, 9.17) is 10.2 Å². The third-order valence-electron chi connectivity index (χ3n) is 4.39. The molecular weight excluding hydrogens is 336 g/mol. The van der Waals surface area contributed by atoms with E-state index in [1.807, 2.05) is 36.7 Å². The summed E-state index contributed by atoms with van der Waals surface area (Å²) in [5.41, 5.74) is 6.44. The van der Waals surface area contributed by atoms with Crippen molar-refractivity contribution < 1.29 is 9.21 Å². The van der Waals surface area contributed by atoms with Crippen LogP contribution in [0.25, 0.3) is 11.6 Å². The Kier molecular flexibility index (Phi) is 4.33. The van der Waals surface area contributed by atoms with E-state index in [1.165, 1.54) is 16.2 Å². The number of furan rings is 1. The van der Waals surface area contributed by atoms with Crippen LogP contribution in [-0.2, 0) is 6.54 Å². The lowest BCUT2D eigenvalue weighted by Crippen LogP contribution is -2.22. The van der Waals surface area contributed by atoms with Crippen LogP contribution in [0.1, 0.15) is 39.0 Å². The van der Waals surface area contributed by atoms with E-state index in [1.54, 1.807) is 6.26 Å². The van der Waals surface area contributed by atoms with Gasteiger partial charge < -0.3 is 10.2 Å². The van der Waals surface area contributed by atoms with Gasteiger partial charge in [-0.2, -0.15) is 0 Å². The molecule has 0 radical (unpaired) electrons. The second kappa shape index (κ2) is 6.78. The van der Waals surface area contributed by atoms with E-state index >= 15 is 0 Å². The molecule has 1 atom stereocenters. The second-order valence-electron chi connectivity index (χ2n) is 6.09. The minimum absolute atomic E-state index is 0.322. The largest absolute Gasteiger partial charge is 0.461 e. The first-order chi connectivity index (χ1) is 12.2. The average Bonchev–Trinajstić information content (AvgIpc) is 3.36. The Morgan fingerprint density at radius 2 is 2.16 bits per heavy atom. The molecule has 128 valence electrons. The highest BCUT2D eigenvalue weighted by molar-refractivity contribution is 7.14. The van der Waals surface area contributed by atoms with Crippen molar-refractivity contribution in [2.24, 2.45) is 5.73 Å². The molecule has 1 saturated heterocycles. The normalized spacial score (nSPS) is 17.8. The van der Waals surface area contributed by atoms with Crippen molar-refractivity contribution in [1.82, 2.24) is 14.9 Å². The molecule has 1 amide bonds. The van der Waals surface area contributed by atoms with Crippen LogP contribution in [0, 0.1) is 0 Å². The summed E-state index contributed by atoms with van der Waals surface area (Å²) in [5.74, 6) is 0.905. The van der Waals surface area contributed by atoms with E-state index in [0.29, 0.717) is 22.5 Å². The van der Waals surface area contributed by atoms with E-state index in [0.717, 1.165) is 31.5 Å². The number of primary amides is 1. The lowest BCUT2D eigenvalue weighted by atomic mass is 10.2. The minimum Gasteiger partial charge on any atom is -0.461 e. The number of carbonyl (C=O) groups excluding carboxylic acids is 1. The molecule has 1 fully saturated rings. The molecule has 0 aromatic carbocycles. The fourth-order valence-electron chi connectivity index (χ4n) is 3.21. The van der Waals surface area contributed by atoms with Crippen LogP contribution >= 0.6 is 11.3 Å². The monoisotopic (exact) mass is 354 g/mol. The quantitative estimate of drug-likeness (QED) is 0.760. The highest BCUT2D eigenvalue weighted by atomic mass is 32.1. The van der Waals surface area contributed by atoms with Gasteiger partial charge in [0, 0.05) is 35.4 Å². The molecule has 1 aliphatic rings. The number of hydrogen-bond donors (Lipinski definition) is 1. The number of amides is 1. The van der Waals surface area contributed by atoms with Crippen LogP contribution < -0.4 is 5.73 Å². The first kappa shape index (κ1) is 16.0. The van der Waals surface area contributed by atoms with Gasteiger partial charge in [-0.3, -0.25) is 9.69 Å². The summed E-state index contributed by atoms with van der Waals surface area (Å²) in [6.45, 7) is 1.81. The summed E-state index contributed by atoms with van der Waals surface area (Å²) in [6, 6.07) is 7.83. The Balaban J connectivity index is 1.48. The molecule has 0 bridgehead atoms. The number of aromatic nitrogens is 2. The second-order valence-corrected chi connectivity index (χ2v) is 7.20. The minimum atomic E-state index is -0.359. The molecule has 1 unspecified atom stereocenters. The van der Waals surface area contributed by atoms with Gasteiger partial charge in [0.1, 0.15) is 0 Å². The van der Waals surface area contributed by atoms with Gasteiger partial charge in [0.05, 0.1) is 11.1 Å². The Labute approximate surface area is 149 Å². The van der Waals surface area contributed by atoms with Gasteiger partial charge in [0.15, 0.2) is 11.6 Å². The fraction of sp³-hybridized carbons (Fsp3) is 0.278. The Morgan fingerprint density at radius 3 is 2.84 bits per heavy atom. The van der Waals surface area contributed by atoms with E-state index in [-0.39, 0.29) is 5.91 Å². The summed E-state index contributed by atoms with van der Waals surface area (Å²) < 4.78 is 5.32. The molecule has 2 N–H and O–H groups in total. The maximum Gasteiger partial charge on any atom is 0.258 e.